The van der Waals surface area contributed by atoms with Crippen LogP contribution >= 0.6 is 11.3 Å². The van der Waals surface area contributed by atoms with Gasteiger partial charge in [0.15, 0.2) is 0 Å². The molecule has 156 valence electrons. The first kappa shape index (κ1) is 19.2. The highest BCUT2D eigenvalue weighted by molar-refractivity contribution is 7.18. The number of aryl methyl sites for hydroxylation is 1. The topological polar surface area (TPSA) is 90.6 Å². The minimum atomic E-state index is -0.212. The second-order valence-corrected chi connectivity index (χ2v) is 9.49. The summed E-state index contributed by atoms with van der Waals surface area (Å²) in [5, 5.41) is 1.01. The Balaban J connectivity index is 1.31. The van der Waals surface area contributed by atoms with Crippen molar-refractivity contribution in [2.75, 3.05) is 26.3 Å². The number of hydrogen-bond donors (Lipinski definition) is 1. The Morgan fingerprint density at radius 3 is 2.72 bits per heavy atom. The van der Waals surface area contributed by atoms with E-state index in [1.54, 1.807) is 17.7 Å². The molecule has 0 aromatic carbocycles. The van der Waals surface area contributed by atoms with Crippen LogP contribution in [0.4, 0.5) is 0 Å². The van der Waals surface area contributed by atoms with Crippen LogP contribution in [0.5, 0.6) is 5.88 Å². The number of primary amides is 1. The van der Waals surface area contributed by atoms with E-state index in [0.29, 0.717) is 18.3 Å². The van der Waals surface area contributed by atoms with E-state index >= 15 is 0 Å². The van der Waals surface area contributed by atoms with Crippen molar-refractivity contribution in [1.82, 2.24) is 14.9 Å². The largest absolute Gasteiger partial charge is 0.474 e. The number of carbonyl (C=O) groups is 1. The fraction of sp³-hybridized carbons (Fsp3) is 0.667. The van der Waals surface area contributed by atoms with Crippen molar-refractivity contribution in [2.45, 2.75) is 57.1 Å². The molecule has 8 heteroatoms. The molecule has 5 rings (SSSR count). The first-order chi connectivity index (χ1) is 14.2. The Kier molecular flexibility index (Phi) is 5.41. The van der Waals surface area contributed by atoms with E-state index < -0.39 is 0 Å². The van der Waals surface area contributed by atoms with Crippen LogP contribution in [-0.4, -0.2) is 59.2 Å². The summed E-state index contributed by atoms with van der Waals surface area (Å²) in [6, 6.07) is 0.648. The molecule has 2 aromatic heterocycles. The van der Waals surface area contributed by atoms with Crippen molar-refractivity contribution in [2.24, 2.45) is 11.7 Å². The maximum atomic E-state index is 11.7. The molecule has 2 aliphatic carbocycles. The average Bonchev–Trinajstić information content (AvgIpc) is 3.13. The zero-order valence-electron chi connectivity index (χ0n) is 16.6. The number of nitrogens with two attached hydrogens (primary N) is 1. The van der Waals surface area contributed by atoms with E-state index in [4.69, 9.17) is 15.2 Å². The lowest BCUT2D eigenvalue weighted by atomic mass is 9.87. The zero-order valence-corrected chi connectivity index (χ0v) is 17.5. The van der Waals surface area contributed by atoms with Gasteiger partial charge >= 0.3 is 0 Å². The van der Waals surface area contributed by atoms with Gasteiger partial charge in [-0.2, -0.15) is 0 Å². The molecule has 0 spiro atoms. The standard InChI is InChI=1S/C21H28N4O3S/c22-19(26)13-1-6-17-16(11-13)18-20(23-12-24-21(18)29-17)28-15-4-2-14(3-5-15)25-7-9-27-10-8-25/h12-15H,1-11H2,(H2,22,26)/t13-,14?,15?/m0/s1. The summed E-state index contributed by atoms with van der Waals surface area (Å²) < 4.78 is 11.9. The van der Waals surface area contributed by atoms with E-state index in [1.807, 2.05) is 0 Å². The molecular weight excluding hydrogens is 388 g/mol. The van der Waals surface area contributed by atoms with Gasteiger partial charge in [0, 0.05) is 29.9 Å². The molecule has 2 N–H and O–H groups in total. The molecule has 0 unspecified atom stereocenters. The van der Waals surface area contributed by atoms with Gasteiger partial charge in [-0.3, -0.25) is 9.69 Å². The molecule has 1 aliphatic heterocycles. The fourth-order valence-corrected chi connectivity index (χ4v) is 6.21. The van der Waals surface area contributed by atoms with Crippen molar-refractivity contribution in [3.8, 4) is 5.88 Å². The second-order valence-electron chi connectivity index (χ2n) is 8.40. The smallest absolute Gasteiger partial charge is 0.225 e. The lowest BCUT2D eigenvalue weighted by molar-refractivity contribution is -0.122. The average molecular weight is 417 g/mol. The lowest BCUT2D eigenvalue weighted by Gasteiger charge is -2.38. The number of amides is 1. The van der Waals surface area contributed by atoms with Gasteiger partial charge in [-0.25, -0.2) is 9.97 Å². The summed E-state index contributed by atoms with van der Waals surface area (Å²) in [5.74, 6) is 0.375. The molecule has 1 atom stereocenters. The van der Waals surface area contributed by atoms with Gasteiger partial charge in [-0.15, -0.1) is 11.3 Å². The van der Waals surface area contributed by atoms with Gasteiger partial charge in [0.1, 0.15) is 17.3 Å². The van der Waals surface area contributed by atoms with Gasteiger partial charge in [0.2, 0.25) is 11.8 Å². The summed E-state index contributed by atoms with van der Waals surface area (Å²) in [6.07, 6.45) is 8.58. The predicted molar refractivity (Wildman–Crippen MR) is 111 cm³/mol. The molecule has 2 fully saturated rings. The molecule has 3 heterocycles. The van der Waals surface area contributed by atoms with Crippen LogP contribution in [0, 0.1) is 5.92 Å². The van der Waals surface area contributed by atoms with E-state index in [0.717, 1.165) is 75.0 Å². The number of aromatic nitrogens is 2. The number of carbonyl (C=O) groups excluding carboxylic acids is 1. The Labute approximate surface area is 174 Å². The minimum absolute atomic E-state index is 0.0997. The first-order valence-corrected chi connectivity index (χ1v) is 11.5. The summed E-state index contributed by atoms with van der Waals surface area (Å²) in [4.78, 5) is 25.5. The minimum Gasteiger partial charge on any atom is -0.474 e. The molecule has 3 aliphatic rings. The van der Waals surface area contributed by atoms with E-state index in [9.17, 15) is 4.79 Å². The van der Waals surface area contributed by atoms with E-state index in [2.05, 4.69) is 14.9 Å². The van der Waals surface area contributed by atoms with Gasteiger partial charge in [-0.05, 0) is 50.5 Å². The van der Waals surface area contributed by atoms with Crippen molar-refractivity contribution < 1.29 is 14.3 Å². The van der Waals surface area contributed by atoms with Gasteiger partial charge in [0.05, 0.1) is 18.6 Å². The Bertz CT molecular complexity index is 887. The molecule has 1 amide bonds. The highest BCUT2D eigenvalue weighted by Gasteiger charge is 2.31. The first-order valence-electron chi connectivity index (χ1n) is 10.7. The lowest BCUT2D eigenvalue weighted by Crippen LogP contribution is -2.46. The normalized spacial score (nSPS) is 28.2. The number of nitrogens with zero attached hydrogens (tertiary/aromatic N) is 3. The van der Waals surface area contributed by atoms with E-state index in [1.165, 1.54) is 10.4 Å². The van der Waals surface area contributed by atoms with E-state index in [-0.39, 0.29) is 17.9 Å². The molecule has 29 heavy (non-hydrogen) atoms. The molecular formula is C21H28N4O3S. The van der Waals surface area contributed by atoms with Crippen molar-refractivity contribution in [1.29, 1.82) is 0 Å². The van der Waals surface area contributed by atoms with Gasteiger partial charge in [-0.1, -0.05) is 0 Å². The number of hydrogen-bond acceptors (Lipinski definition) is 7. The van der Waals surface area contributed by atoms with Crippen LogP contribution in [0.2, 0.25) is 0 Å². The number of morpholine rings is 1. The highest BCUT2D eigenvalue weighted by atomic mass is 32.1. The molecule has 1 saturated heterocycles. The Morgan fingerprint density at radius 2 is 1.97 bits per heavy atom. The maximum Gasteiger partial charge on any atom is 0.225 e. The van der Waals surface area contributed by atoms with Gasteiger partial charge < -0.3 is 15.2 Å². The van der Waals surface area contributed by atoms with Crippen molar-refractivity contribution in [3.63, 3.8) is 0 Å². The second kappa shape index (κ2) is 8.16. The molecule has 7 nitrogen and oxygen atoms in total. The van der Waals surface area contributed by atoms with Crippen LogP contribution in [0.25, 0.3) is 10.2 Å². The summed E-state index contributed by atoms with van der Waals surface area (Å²) >= 11 is 1.71. The highest BCUT2D eigenvalue weighted by Crippen LogP contribution is 2.41. The zero-order chi connectivity index (χ0) is 19.8. The van der Waals surface area contributed by atoms with Crippen LogP contribution in [-0.2, 0) is 22.4 Å². The maximum absolute atomic E-state index is 11.7. The Morgan fingerprint density at radius 1 is 1.17 bits per heavy atom. The van der Waals surface area contributed by atoms with Gasteiger partial charge in [0.25, 0.3) is 0 Å². The summed E-state index contributed by atoms with van der Waals surface area (Å²) in [7, 11) is 0. The molecule has 2 aromatic rings. The SMILES string of the molecule is NC(=O)[C@H]1CCc2sc3ncnc(OC4CCC(N5CCOCC5)CC4)c3c2C1. The fourth-order valence-electron chi connectivity index (χ4n) is 5.04. The van der Waals surface area contributed by atoms with Crippen LogP contribution < -0.4 is 10.5 Å². The van der Waals surface area contributed by atoms with Crippen LogP contribution in [0.3, 0.4) is 0 Å². The summed E-state index contributed by atoms with van der Waals surface area (Å²) in [5.41, 5.74) is 6.77. The molecule has 0 radical (unpaired) electrons. The monoisotopic (exact) mass is 416 g/mol. The molecule has 0 bridgehead atoms. The van der Waals surface area contributed by atoms with Crippen LogP contribution in [0.15, 0.2) is 6.33 Å². The third-order valence-corrected chi connectivity index (χ3v) is 7.89. The third kappa shape index (κ3) is 3.85. The van der Waals surface area contributed by atoms with Crippen LogP contribution in [0.1, 0.15) is 42.5 Å². The molecule has 1 saturated carbocycles. The number of rotatable bonds is 4. The number of thiophene rings is 1. The van der Waals surface area contributed by atoms with Crippen molar-refractivity contribution >= 4 is 27.5 Å². The number of ether oxygens (including phenoxy) is 2. The summed E-state index contributed by atoms with van der Waals surface area (Å²) in [6.45, 7) is 3.80. The predicted octanol–water partition coefficient (Wildman–Crippen LogP) is 2.30. The quantitative estimate of drug-likeness (QED) is 0.823. The Hall–Kier alpha value is -1.77. The third-order valence-electron chi connectivity index (χ3n) is 6.69. The van der Waals surface area contributed by atoms with Crippen molar-refractivity contribution in [3.05, 3.63) is 16.8 Å². The number of fused-ring (bicyclic) bond motifs is 3.